The van der Waals surface area contributed by atoms with Gasteiger partial charge in [-0.3, -0.25) is 0 Å². The normalized spacial score (nSPS) is 11.1. The Labute approximate surface area is 158 Å². The van der Waals surface area contributed by atoms with Crippen LogP contribution in [0, 0.1) is 0 Å². The topological polar surface area (TPSA) is 90.1 Å². The van der Waals surface area contributed by atoms with Gasteiger partial charge in [-0.25, -0.2) is 14.8 Å². The van der Waals surface area contributed by atoms with Crippen molar-refractivity contribution in [2.75, 3.05) is 18.2 Å². The number of nitrogen functional groups attached to an aromatic ring is 1. The average Bonchev–Trinajstić information content (AvgIpc) is 2.67. The minimum Gasteiger partial charge on any atom is -0.465 e. The number of carbonyl (C=O) groups is 1. The minimum atomic E-state index is -4.41. The van der Waals surface area contributed by atoms with Gasteiger partial charge in [-0.05, 0) is 42.5 Å². The van der Waals surface area contributed by atoms with Crippen LogP contribution in [0.4, 0.5) is 30.4 Å². The molecule has 0 fully saturated rings. The summed E-state index contributed by atoms with van der Waals surface area (Å²) in [5.74, 6) is -0.307. The summed E-state index contributed by atoms with van der Waals surface area (Å²) in [7, 11) is 1.26. The van der Waals surface area contributed by atoms with Crippen molar-refractivity contribution in [1.29, 1.82) is 0 Å². The Kier molecular flexibility index (Phi) is 5.16. The molecule has 0 aliphatic carbocycles. The van der Waals surface area contributed by atoms with E-state index < -0.39 is 17.7 Å². The molecule has 2 aromatic carbocycles. The highest BCUT2D eigenvalue weighted by Gasteiger charge is 2.30. The summed E-state index contributed by atoms with van der Waals surface area (Å²) >= 11 is 0. The number of alkyl halides is 3. The molecule has 6 nitrogen and oxygen atoms in total. The Hall–Kier alpha value is -3.62. The molecule has 0 bridgehead atoms. The lowest BCUT2D eigenvalue weighted by molar-refractivity contribution is -0.137. The molecule has 0 saturated heterocycles. The van der Waals surface area contributed by atoms with E-state index in [1.54, 1.807) is 12.1 Å². The van der Waals surface area contributed by atoms with Crippen molar-refractivity contribution in [3.8, 4) is 11.3 Å². The second-order valence-corrected chi connectivity index (χ2v) is 5.78. The van der Waals surface area contributed by atoms with E-state index in [2.05, 4.69) is 15.3 Å². The summed E-state index contributed by atoms with van der Waals surface area (Å²) in [6.45, 7) is 0. The van der Waals surface area contributed by atoms with Crippen molar-refractivity contribution in [2.45, 2.75) is 6.18 Å². The van der Waals surface area contributed by atoms with Gasteiger partial charge in [0, 0.05) is 23.0 Å². The standard InChI is InChI=1S/C19H15F3N4O2/c1-28-18(27)11-2-7-15(14(8-11)16-9-17(23)25-10-24-16)26-13-5-3-12(4-6-13)19(20,21)22/h2-10,26H,1H3,(H2,23,24,25). The Morgan fingerprint density at radius 2 is 1.79 bits per heavy atom. The van der Waals surface area contributed by atoms with Crippen LogP contribution in [0.15, 0.2) is 54.9 Å². The average molecular weight is 388 g/mol. The van der Waals surface area contributed by atoms with Crippen molar-refractivity contribution >= 4 is 23.2 Å². The molecule has 3 N–H and O–H groups in total. The second kappa shape index (κ2) is 7.55. The van der Waals surface area contributed by atoms with E-state index in [1.807, 2.05) is 0 Å². The van der Waals surface area contributed by atoms with Crippen LogP contribution in [0.2, 0.25) is 0 Å². The maximum absolute atomic E-state index is 12.7. The number of nitrogens with one attached hydrogen (secondary N) is 1. The minimum absolute atomic E-state index is 0.231. The number of halogens is 3. The monoisotopic (exact) mass is 388 g/mol. The zero-order chi connectivity index (χ0) is 20.3. The number of hydrogen-bond acceptors (Lipinski definition) is 6. The van der Waals surface area contributed by atoms with Crippen LogP contribution in [0.3, 0.4) is 0 Å². The first-order chi connectivity index (χ1) is 13.3. The lowest BCUT2D eigenvalue weighted by atomic mass is 10.0. The molecule has 0 aliphatic rings. The fourth-order valence-corrected chi connectivity index (χ4v) is 2.53. The first-order valence-electron chi connectivity index (χ1n) is 8.02. The van der Waals surface area contributed by atoms with Crippen LogP contribution >= 0.6 is 0 Å². The zero-order valence-corrected chi connectivity index (χ0v) is 14.6. The van der Waals surface area contributed by atoms with Gasteiger partial charge in [0.2, 0.25) is 0 Å². The van der Waals surface area contributed by atoms with Crippen LogP contribution < -0.4 is 11.1 Å². The number of ether oxygens (including phenoxy) is 1. The number of aromatic nitrogens is 2. The van der Waals surface area contributed by atoms with Crippen molar-refractivity contribution < 1.29 is 22.7 Å². The third-order valence-corrected chi connectivity index (χ3v) is 3.90. The number of carbonyl (C=O) groups excluding carboxylic acids is 1. The molecule has 3 rings (SSSR count). The molecule has 0 radical (unpaired) electrons. The summed E-state index contributed by atoms with van der Waals surface area (Å²) in [5, 5.41) is 3.03. The SMILES string of the molecule is COC(=O)c1ccc(Nc2ccc(C(F)(F)F)cc2)c(-c2cc(N)ncn2)c1. The third-order valence-electron chi connectivity index (χ3n) is 3.90. The molecular weight excluding hydrogens is 373 g/mol. The predicted molar refractivity (Wildman–Crippen MR) is 97.9 cm³/mol. The Balaban J connectivity index is 2.01. The molecule has 1 aromatic heterocycles. The zero-order valence-electron chi connectivity index (χ0n) is 14.6. The molecule has 1 heterocycles. The summed E-state index contributed by atoms with van der Waals surface area (Å²) < 4.78 is 42.9. The number of esters is 1. The van der Waals surface area contributed by atoms with Crippen LogP contribution in [0.5, 0.6) is 0 Å². The molecule has 9 heteroatoms. The molecule has 0 unspecified atom stereocenters. The van der Waals surface area contributed by atoms with Gasteiger partial charge in [-0.15, -0.1) is 0 Å². The van der Waals surface area contributed by atoms with E-state index in [4.69, 9.17) is 10.5 Å². The number of methoxy groups -OCH3 is 1. The molecular formula is C19H15F3N4O2. The fourth-order valence-electron chi connectivity index (χ4n) is 2.53. The van der Waals surface area contributed by atoms with E-state index in [9.17, 15) is 18.0 Å². The maximum Gasteiger partial charge on any atom is 0.416 e. The number of nitrogens with two attached hydrogens (primary N) is 1. The lowest BCUT2D eigenvalue weighted by Crippen LogP contribution is -2.05. The smallest absolute Gasteiger partial charge is 0.416 e. The number of anilines is 3. The highest BCUT2D eigenvalue weighted by atomic mass is 19.4. The van der Waals surface area contributed by atoms with Crippen molar-refractivity contribution in [3.05, 3.63) is 66.0 Å². The Morgan fingerprint density at radius 3 is 2.39 bits per heavy atom. The van der Waals surface area contributed by atoms with Gasteiger partial charge < -0.3 is 15.8 Å². The van der Waals surface area contributed by atoms with Gasteiger partial charge in [0.25, 0.3) is 0 Å². The summed E-state index contributed by atoms with van der Waals surface area (Å²) in [6, 6.07) is 10.8. The first kappa shape index (κ1) is 19.2. The second-order valence-electron chi connectivity index (χ2n) is 5.78. The summed E-state index contributed by atoms with van der Waals surface area (Å²) in [4.78, 5) is 19.8. The Morgan fingerprint density at radius 1 is 1.07 bits per heavy atom. The van der Waals surface area contributed by atoms with E-state index in [1.165, 1.54) is 37.7 Å². The lowest BCUT2D eigenvalue weighted by Gasteiger charge is -2.14. The molecule has 0 saturated carbocycles. The fraction of sp³-hybridized carbons (Fsp3) is 0.105. The number of benzene rings is 2. The van der Waals surface area contributed by atoms with E-state index >= 15 is 0 Å². The largest absolute Gasteiger partial charge is 0.465 e. The van der Waals surface area contributed by atoms with Crippen LogP contribution in [-0.4, -0.2) is 23.0 Å². The van der Waals surface area contributed by atoms with Crippen LogP contribution in [-0.2, 0) is 10.9 Å². The van der Waals surface area contributed by atoms with Gasteiger partial charge in [0.05, 0.1) is 23.9 Å². The molecule has 0 aliphatic heterocycles. The van der Waals surface area contributed by atoms with Crippen molar-refractivity contribution in [1.82, 2.24) is 9.97 Å². The quantitative estimate of drug-likeness (QED) is 0.649. The molecule has 28 heavy (non-hydrogen) atoms. The molecule has 3 aromatic rings. The molecule has 0 spiro atoms. The van der Waals surface area contributed by atoms with Gasteiger partial charge in [-0.2, -0.15) is 13.2 Å². The van der Waals surface area contributed by atoms with Gasteiger partial charge in [0.15, 0.2) is 0 Å². The third kappa shape index (κ3) is 4.20. The highest BCUT2D eigenvalue weighted by Crippen LogP contribution is 2.33. The van der Waals surface area contributed by atoms with Gasteiger partial charge in [0.1, 0.15) is 12.1 Å². The van der Waals surface area contributed by atoms with Gasteiger partial charge >= 0.3 is 12.1 Å². The van der Waals surface area contributed by atoms with Crippen LogP contribution in [0.1, 0.15) is 15.9 Å². The van der Waals surface area contributed by atoms with Gasteiger partial charge in [-0.1, -0.05) is 0 Å². The number of nitrogens with zero attached hydrogens (tertiary/aromatic N) is 2. The van der Waals surface area contributed by atoms with E-state index in [0.717, 1.165) is 12.1 Å². The number of rotatable bonds is 4. The molecule has 0 amide bonds. The first-order valence-corrected chi connectivity index (χ1v) is 8.02. The van der Waals surface area contributed by atoms with E-state index in [0.29, 0.717) is 22.6 Å². The van der Waals surface area contributed by atoms with Crippen LogP contribution in [0.25, 0.3) is 11.3 Å². The Bertz CT molecular complexity index is 1000. The highest BCUT2D eigenvalue weighted by molar-refractivity contribution is 5.93. The maximum atomic E-state index is 12.7. The predicted octanol–water partition coefficient (Wildman–Crippen LogP) is 4.27. The van der Waals surface area contributed by atoms with Crippen molar-refractivity contribution in [2.24, 2.45) is 0 Å². The van der Waals surface area contributed by atoms with E-state index in [-0.39, 0.29) is 11.4 Å². The summed E-state index contributed by atoms with van der Waals surface area (Å²) in [6.07, 6.45) is -3.14. The molecule has 144 valence electrons. The van der Waals surface area contributed by atoms with Crippen molar-refractivity contribution in [3.63, 3.8) is 0 Å². The summed E-state index contributed by atoms with van der Waals surface area (Å²) in [5.41, 5.74) is 7.15. The number of hydrogen-bond donors (Lipinski definition) is 2. The molecule has 0 atom stereocenters.